The molecule has 2 aromatic rings. The molecule has 1 aromatic heterocycles. The van der Waals surface area contributed by atoms with Gasteiger partial charge in [-0.25, -0.2) is 0 Å². The summed E-state index contributed by atoms with van der Waals surface area (Å²) in [4.78, 5) is 1.34. The summed E-state index contributed by atoms with van der Waals surface area (Å²) in [6, 6.07) is 11.2. The summed E-state index contributed by atoms with van der Waals surface area (Å²) in [5, 5.41) is 3.40. The van der Waals surface area contributed by atoms with Gasteiger partial charge in [-0.15, -0.1) is 11.3 Å². The molecule has 0 radical (unpaired) electrons. The van der Waals surface area contributed by atoms with Gasteiger partial charge in [0.1, 0.15) is 0 Å². The van der Waals surface area contributed by atoms with Crippen LogP contribution in [-0.4, -0.2) is 7.05 Å². The second-order valence-electron chi connectivity index (χ2n) is 4.22. The minimum absolute atomic E-state index is 0.284. The maximum Gasteiger partial charge on any atom is 0.0702 e. The Kier molecular flexibility index (Phi) is 4.02. The van der Waals surface area contributed by atoms with Crippen molar-refractivity contribution in [1.82, 2.24) is 5.32 Å². The summed E-state index contributed by atoms with van der Waals surface area (Å²) >= 11 is 5.31. The largest absolute Gasteiger partial charge is 0.309 e. The molecule has 3 heteroatoms. The van der Waals surface area contributed by atoms with Crippen molar-refractivity contribution in [3.63, 3.8) is 0 Å². The second kappa shape index (κ2) is 5.34. The molecular weight excluding hydrogens is 294 g/mol. The Morgan fingerprint density at radius 1 is 1.18 bits per heavy atom. The van der Waals surface area contributed by atoms with Gasteiger partial charge in [0.05, 0.1) is 9.83 Å². The first-order valence-electron chi connectivity index (χ1n) is 5.61. The van der Waals surface area contributed by atoms with Crippen LogP contribution in [0, 0.1) is 13.8 Å². The van der Waals surface area contributed by atoms with E-state index in [-0.39, 0.29) is 6.04 Å². The maximum atomic E-state index is 3.52. The Morgan fingerprint density at radius 3 is 2.47 bits per heavy atom. The molecule has 1 unspecified atom stereocenters. The zero-order valence-corrected chi connectivity index (χ0v) is 12.7. The van der Waals surface area contributed by atoms with Gasteiger partial charge >= 0.3 is 0 Å². The van der Waals surface area contributed by atoms with Gasteiger partial charge < -0.3 is 5.32 Å². The molecule has 1 nitrogen and oxygen atoms in total. The molecule has 0 spiro atoms. The van der Waals surface area contributed by atoms with Crippen molar-refractivity contribution in [3.05, 3.63) is 55.7 Å². The van der Waals surface area contributed by atoms with Gasteiger partial charge in [-0.1, -0.05) is 23.8 Å². The molecule has 90 valence electrons. The molecule has 0 bridgehead atoms. The highest BCUT2D eigenvalue weighted by atomic mass is 79.9. The third-order valence-electron chi connectivity index (χ3n) is 2.90. The van der Waals surface area contributed by atoms with Gasteiger partial charge in [0.2, 0.25) is 0 Å². The Labute approximate surface area is 115 Å². The number of hydrogen-bond donors (Lipinski definition) is 1. The van der Waals surface area contributed by atoms with Gasteiger partial charge in [-0.05, 0) is 60.1 Å². The zero-order valence-electron chi connectivity index (χ0n) is 10.3. The van der Waals surface area contributed by atoms with Crippen LogP contribution in [0.4, 0.5) is 0 Å². The molecule has 0 amide bonds. The van der Waals surface area contributed by atoms with E-state index >= 15 is 0 Å². The van der Waals surface area contributed by atoms with Crippen molar-refractivity contribution in [1.29, 1.82) is 0 Å². The number of hydrogen-bond acceptors (Lipinski definition) is 2. The third-order valence-corrected chi connectivity index (χ3v) is 4.59. The van der Waals surface area contributed by atoms with E-state index in [4.69, 9.17) is 0 Å². The van der Waals surface area contributed by atoms with Crippen LogP contribution in [0.15, 0.2) is 34.1 Å². The number of nitrogens with one attached hydrogen (secondary N) is 1. The molecule has 1 aromatic carbocycles. The summed E-state index contributed by atoms with van der Waals surface area (Å²) in [5.74, 6) is 0. The van der Waals surface area contributed by atoms with E-state index < -0.39 is 0 Å². The molecule has 0 saturated heterocycles. The fourth-order valence-electron chi connectivity index (χ4n) is 2.08. The minimum atomic E-state index is 0.284. The standard InChI is InChI=1S/C14H16BrNS/c1-9-4-5-11(10(2)8-9)14(16-3)12-6-7-13(15)17-12/h4-8,14,16H,1-3H3. The molecule has 0 saturated carbocycles. The fraction of sp³-hybridized carbons (Fsp3) is 0.286. The predicted octanol–water partition coefficient (Wildman–Crippen LogP) is 4.44. The lowest BCUT2D eigenvalue weighted by Crippen LogP contribution is -2.17. The monoisotopic (exact) mass is 309 g/mol. The molecule has 17 heavy (non-hydrogen) atoms. The Morgan fingerprint density at radius 2 is 1.94 bits per heavy atom. The lowest BCUT2D eigenvalue weighted by molar-refractivity contribution is 0.699. The first-order valence-corrected chi connectivity index (χ1v) is 7.22. The smallest absolute Gasteiger partial charge is 0.0702 e. The first kappa shape index (κ1) is 12.8. The molecular formula is C14H16BrNS. The summed E-state index contributed by atoms with van der Waals surface area (Å²) in [6.45, 7) is 4.31. The van der Waals surface area contributed by atoms with Crippen LogP contribution in [0.2, 0.25) is 0 Å². The highest BCUT2D eigenvalue weighted by Crippen LogP contribution is 2.32. The van der Waals surface area contributed by atoms with Crippen molar-refractivity contribution in [2.24, 2.45) is 0 Å². The highest BCUT2D eigenvalue weighted by molar-refractivity contribution is 9.11. The molecule has 2 rings (SSSR count). The third kappa shape index (κ3) is 2.79. The van der Waals surface area contributed by atoms with Crippen LogP contribution >= 0.6 is 27.3 Å². The van der Waals surface area contributed by atoms with Gasteiger partial charge in [-0.2, -0.15) is 0 Å². The highest BCUT2D eigenvalue weighted by Gasteiger charge is 2.15. The van der Waals surface area contributed by atoms with Gasteiger partial charge in [-0.3, -0.25) is 0 Å². The maximum absolute atomic E-state index is 3.52. The molecule has 1 atom stereocenters. The lowest BCUT2D eigenvalue weighted by atomic mass is 9.98. The fourth-order valence-corrected chi connectivity index (χ4v) is 3.64. The summed E-state index contributed by atoms with van der Waals surface area (Å²) in [5.41, 5.74) is 4.01. The summed E-state index contributed by atoms with van der Waals surface area (Å²) < 4.78 is 1.18. The minimum Gasteiger partial charge on any atom is -0.309 e. The van der Waals surface area contributed by atoms with Crippen molar-refractivity contribution in [2.45, 2.75) is 19.9 Å². The predicted molar refractivity (Wildman–Crippen MR) is 78.8 cm³/mol. The number of halogens is 1. The summed E-state index contributed by atoms with van der Waals surface area (Å²) in [6.07, 6.45) is 0. The Hall–Kier alpha value is -0.640. The van der Waals surface area contributed by atoms with Crippen LogP contribution in [0.1, 0.15) is 27.6 Å². The Balaban J connectivity index is 2.42. The Bertz CT molecular complexity index is 519. The molecule has 0 aliphatic rings. The number of aryl methyl sites for hydroxylation is 2. The van der Waals surface area contributed by atoms with Crippen molar-refractivity contribution >= 4 is 27.3 Å². The SMILES string of the molecule is CNC(c1ccc(Br)s1)c1ccc(C)cc1C. The zero-order chi connectivity index (χ0) is 12.4. The number of benzene rings is 1. The van der Waals surface area contributed by atoms with Crippen LogP contribution in [0.3, 0.4) is 0 Å². The molecule has 0 aliphatic heterocycles. The van der Waals surface area contributed by atoms with E-state index in [1.165, 1.54) is 25.4 Å². The second-order valence-corrected chi connectivity index (χ2v) is 6.72. The van der Waals surface area contributed by atoms with Gasteiger partial charge in [0, 0.05) is 4.88 Å². The average molecular weight is 310 g/mol. The van der Waals surface area contributed by atoms with Crippen LogP contribution in [0.25, 0.3) is 0 Å². The van der Waals surface area contributed by atoms with E-state index in [0.717, 1.165) is 0 Å². The van der Waals surface area contributed by atoms with Crippen molar-refractivity contribution < 1.29 is 0 Å². The average Bonchev–Trinajstić information content (AvgIpc) is 2.69. The van der Waals surface area contributed by atoms with E-state index in [2.05, 4.69) is 65.4 Å². The quantitative estimate of drug-likeness (QED) is 0.884. The van der Waals surface area contributed by atoms with E-state index in [1.807, 2.05) is 7.05 Å². The van der Waals surface area contributed by atoms with Crippen LogP contribution < -0.4 is 5.32 Å². The normalized spacial score (nSPS) is 12.7. The first-order chi connectivity index (χ1) is 8.11. The van der Waals surface area contributed by atoms with E-state index in [9.17, 15) is 0 Å². The van der Waals surface area contributed by atoms with Crippen LogP contribution in [-0.2, 0) is 0 Å². The van der Waals surface area contributed by atoms with Crippen molar-refractivity contribution in [3.8, 4) is 0 Å². The van der Waals surface area contributed by atoms with E-state index in [1.54, 1.807) is 11.3 Å². The lowest BCUT2D eigenvalue weighted by Gasteiger charge is -2.18. The van der Waals surface area contributed by atoms with Gasteiger partial charge in [0.15, 0.2) is 0 Å². The van der Waals surface area contributed by atoms with E-state index in [0.29, 0.717) is 0 Å². The van der Waals surface area contributed by atoms with Crippen LogP contribution in [0.5, 0.6) is 0 Å². The number of rotatable bonds is 3. The molecule has 1 N–H and O–H groups in total. The van der Waals surface area contributed by atoms with Crippen molar-refractivity contribution in [2.75, 3.05) is 7.05 Å². The topological polar surface area (TPSA) is 12.0 Å². The number of thiophene rings is 1. The summed E-state index contributed by atoms with van der Waals surface area (Å²) in [7, 11) is 2.01. The molecule has 0 fully saturated rings. The molecule has 0 aliphatic carbocycles. The van der Waals surface area contributed by atoms with Gasteiger partial charge in [0.25, 0.3) is 0 Å². The molecule has 1 heterocycles.